The molecule has 28 heavy (non-hydrogen) atoms. The van der Waals surface area contributed by atoms with Crippen LogP contribution in [0.5, 0.6) is 5.75 Å². The topological polar surface area (TPSA) is 60.3 Å². The number of nitrogens with zero attached hydrogens (tertiary/aromatic N) is 4. The van der Waals surface area contributed by atoms with E-state index in [4.69, 9.17) is 16.3 Å². The molecule has 6 nitrogen and oxygen atoms in total. The quantitative estimate of drug-likeness (QED) is 0.562. The van der Waals surface area contributed by atoms with Gasteiger partial charge in [0.15, 0.2) is 5.69 Å². The number of hydrogen-bond acceptors (Lipinski definition) is 4. The van der Waals surface area contributed by atoms with E-state index >= 15 is 0 Å². The fourth-order valence-electron chi connectivity index (χ4n) is 2.68. The molecule has 0 radical (unpaired) electrons. The molecule has 0 saturated heterocycles. The van der Waals surface area contributed by atoms with E-state index in [0.717, 1.165) is 0 Å². The Morgan fingerprint density at radius 3 is 2.64 bits per heavy atom. The van der Waals surface area contributed by atoms with Gasteiger partial charge in [0, 0.05) is 13.6 Å². The summed E-state index contributed by atoms with van der Waals surface area (Å²) in [4.78, 5) is 14.3. The maximum absolute atomic E-state index is 12.9. The zero-order valence-electron chi connectivity index (χ0n) is 15.6. The number of hydrogen-bond donors (Lipinski definition) is 0. The molecule has 8 heteroatoms. The van der Waals surface area contributed by atoms with Crippen molar-refractivity contribution in [1.82, 2.24) is 19.9 Å². The highest BCUT2D eigenvalue weighted by Gasteiger charge is 2.21. The van der Waals surface area contributed by atoms with Gasteiger partial charge in [-0.25, -0.2) is 9.07 Å². The Hall–Kier alpha value is -2.93. The Morgan fingerprint density at radius 1 is 1.21 bits per heavy atom. The number of carbonyl (C=O) groups is 1. The van der Waals surface area contributed by atoms with Gasteiger partial charge in [0.2, 0.25) is 0 Å². The summed E-state index contributed by atoms with van der Waals surface area (Å²) in [5, 5.41) is 8.64. The van der Waals surface area contributed by atoms with Gasteiger partial charge in [0.25, 0.3) is 5.91 Å². The van der Waals surface area contributed by atoms with Crippen molar-refractivity contribution < 1.29 is 13.9 Å². The zero-order chi connectivity index (χ0) is 20.1. The van der Waals surface area contributed by atoms with Gasteiger partial charge < -0.3 is 9.64 Å². The van der Waals surface area contributed by atoms with E-state index in [1.54, 1.807) is 41.8 Å². The van der Waals surface area contributed by atoms with Gasteiger partial charge in [-0.3, -0.25) is 4.79 Å². The molecule has 0 aliphatic carbocycles. The van der Waals surface area contributed by atoms with Crippen molar-refractivity contribution in [2.45, 2.75) is 13.3 Å². The predicted molar refractivity (Wildman–Crippen MR) is 105 cm³/mol. The molecule has 0 unspecified atom stereocenters. The van der Waals surface area contributed by atoms with Gasteiger partial charge >= 0.3 is 0 Å². The zero-order valence-corrected chi connectivity index (χ0v) is 16.4. The number of aromatic nitrogens is 3. The normalized spacial score (nSPS) is 10.7. The van der Waals surface area contributed by atoms with Crippen LogP contribution < -0.4 is 4.74 Å². The van der Waals surface area contributed by atoms with Crippen LogP contribution in [0.15, 0.2) is 48.5 Å². The molecule has 0 saturated carbocycles. The molecule has 1 aromatic heterocycles. The lowest BCUT2D eigenvalue weighted by atomic mass is 10.2. The van der Waals surface area contributed by atoms with Gasteiger partial charge in [0.1, 0.15) is 11.6 Å². The number of para-hydroxylation sites is 1. The van der Waals surface area contributed by atoms with Crippen LogP contribution in [0.4, 0.5) is 4.39 Å². The van der Waals surface area contributed by atoms with Crippen molar-refractivity contribution in [3.63, 3.8) is 0 Å². The standard InChI is InChI=1S/C20H20ClFN4O2/c1-14-19(23-24-26(14)18-7-4-3-6-17(18)21)20(27)25(2)12-5-13-28-16-10-8-15(22)9-11-16/h3-4,6-11H,5,12-13H2,1-2H3. The highest BCUT2D eigenvalue weighted by molar-refractivity contribution is 6.32. The largest absolute Gasteiger partial charge is 0.494 e. The van der Waals surface area contributed by atoms with Crippen molar-refractivity contribution in [3.05, 3.63) is 70.8 Å². The summed E-state index contributed by atoms with van der Waals surface area (Å²) in [6, 6.07) is 13.1. The SMILES string of the molecule is Cc1c(C(=O)N(C)CCCOc2ccc(F)cc2)nnn1-c1ccccc1Cl. The van der Waals surface area contributed by atoms with Crippen LogP contribution in [-0.4, -0.2) is 46.0 Å². The number of ether oxygens (including phenoxy) is 1. The molecular formula is C20H20ClFN4O2. The third-order valence-electron chi connectivity index (χ3n) is 4.24. The van der Waals surface area contributed by atoms with Crippen molar-refractivity contribution in [2.24, 2.45) is 0 Å². The van der Waals surface area contributed by atoms with Crippen LogP contribution in [0.25, 0.3) is 5.69 Å². The molecule has 3 rings (SSSR count). The number of rotatable bonds is 7. The third kappa shape index (κ3) is 4.48. The second-order valence-corrected chi connectivity index (χ2v) is 6.68. The van der Waals surface area contributed by atoms with Crippen molar-refractivity contribution in [3.8, 4) is 11.4 Å². The Morgan fingerprint density at radius 2 is 1.93 bits per heavy atom. The highest BCUT2D eigenvalue weighted by Crippen LogP contribution is 2.21. The van der Waals surface area contributed by atoms with Crippen molar-refractivity contribution >= 4 is 17.5 Å². The Labute approximate surface area is 167 Å². The van der Waals surface area contributed by atoms with E-state index in [1.165, 1.54) is 12.1 Å². The average Bonchev–Trinajstić information content (AvgIpc) is 3.07. The van der Waals surface area contributed by atoms with Gasteiger partial charge in [-0.05, 0) is 49.7 Å². The van der Waals surface area contributed by atoms with Crippen LogP contribution in [-0.2, 0) is 0 Å². The van der Waals surface area contributed by atoms with E-state index in [2.05, 4.69) is 10.3 Å². The molecule has 0 aliphatic rings. The predicted octanol–water partition coefficient (Wildman–Crippen LogP) is 3.91. The highest BCUT2D eigenvalue weighted by atomic mass is 35.5. The minimum absolute atomic E-state index is 0.224. The first kappa shape index (κ1) is 19.8. The van der Waals surface area contributed by atoms with Crippen LogP contribution in [0, 0.1) is 12.7 Å². The minimum atomic E-state index is -0.308. The molecular weight excluding hydrogens is 383 g/mol. The summed E-state index contributed by atoms with van der Waals surface area (Å²) < 4.78 is 20.0. The lowest BCUT2D eigenvalue weighted by Crippen LogP contribution is -2.29. The monoisotopic (exact) mass is 402 g/mol. The molecule has 0 fully saturated rings. The van der Waals surface area contributed by atoms with Crippen LogP contribution in [0.3, 0.4) is 0 Å². The molecule has 0 atom stereocenters. The number of carbonyl (C=O) groups excluding carboxylic acids is 1. The molecule has 0 spiro atoms. The van der Waals surface area contributed by atoms with Crippen LogP contribution >= 0.6 is 11.6 Å². The fraction of sp³-hybridized carbons (Fsp3) is 0.250. The van der Waals surface area contributed by atoms with Crippen molar-refractivity contribution in [2.75, 3.05) is 20.2 Å². The van der Waals surface area contributed by atoms with Crippen LogP contribution in [0.1, 0.15) is 22.6 Å². The lowest BCUT2D eigenvalue weighted by Gasteiger charge is -2.16. The lowest BCUT2D eigenvalue weighted by molar-refractivity contribution is 0.0781. The van der Waals surface area contributed by atoms with E-state index in [0.29, 0.717) is 41.7 Å². The molecule has 0 bridgehead atoms. The maximum atomic E-state index is 12.9. The van der Waals surface area contributed by atoms with Crippen LogP contribution in [0.2, 0.25) is 5.02 Å². The van der Waals surface area contributed by atoms with Gasteiger partial charge in [0.05, 0.1) is 23.0 Å². The number of benzene rings is 2. The smallest absolute Gasteiger partial charge is 0.276 e. The van der Waals surface area contributed by atoms with Gasteiger partial charge in [-0.1, -0.05) is 28.9 Å². The summed E-state index contributed by atoms with van der Waals surface area (Å²) in [7, 11) is 1.70. The molecule has 1 heterocycles. The second-order valence-electron chi connectivity index (χ2n) is 6.27. The molecule has 0 N–H and O–H groups in total. The van der Waals surface area contributed by atoms with E-state index in [1.807, 2.05) is 18.2 Å². The summed E-state index contributed by atoms with van der Waals surface area (Å²) in [6.07, 6.45) is 0.622. The first-order chi connectivity index (χ1) is 13.5. The number of amides is 1. The summed E-state index contributed by atoms with van der Waals surface area (Å²) >= 11 is 6.21. The summed E-state index contributed by atoms with van der Waals surface area (Å²) in [6.45, 7) is 2.68. The molecule has 3 aromatic rings. The van der Waals surface area contributed by atoms with E-state index in [9.17, 15) is 9.18 Å². The summed E-state index contributed by atoms with van der Waals surface area (Å²) in [5.74, 6) is 0.0596. The van der Waals surface area contributed by atoms with Gasteiger partial charge in [-0.2, -0.15) is 0 Å². The number of halogens is 2. The average molecular weight is 403 g/mol. The first-order valence-corrected chi connectivity index (χ1v) is 9.16. The first-order valence-electron chi connectivity index (χ1n) is 8.78. The Kier molecular flexibility index (Phi) is 6.26. The Balaban J connectivity index is 1.58. The van der Waals surface area contributed by atoms with Gasteiger partial charge in [-0.15, -0.1) is 5.10 Å². The Bertz CT molecular complexity index is 959. The molecule has 146 valence electrons. The maximum Gasteiger partial charge on any atom is 0.276 e. The fourth-order valence-corrected chi connectivity index (χ4v) is 2.90. The van der Waals surface area contributed by atoms with E-state index in [-0.39, 0.29) is 17.4 Å². The summed E-state index contributed by atoms with van der Waals surface area (Å²) in [5.41, 5.74) is 1.57. The third-order valence-corrected chi connectivity index (χ3v) is 4.56. The molecule has 0 aliphatic heterocycles. The molecule has 2 aromatic carbocycles. The minimum Gasteiger partial charge on any atom is -0.494 e. The van der Waals surface area contributed by atoms with Crippen molar-refractivity contribution in [1.29, 1.82) is 0 Å². The van der Waals surface area contributed by atoms with E-state index < -0.39 is 0 Å². The molecule has 1 amide bonds. The second kappa shape index (κ2) is 8.84.